The number of ether oxygens (including phenoxy) is 2. The van der Waals surface area contributed by atoms with E-state index >= 15 is 0 Å². The van der Waals surface area contributed by atoms with Crippen molar-refractivity contribution in [1.29, 1.82) is 0 Å². The van der Waals surface area contributed by atoms with Crippen LogP contribution in [-0.2, 0) is 10.2 Å². The highest BCUT2D eigenvalue weighted by Crippen LogP contribution is 2.36. The number of nitrogens with zero attached hydrogens (tertiary/aromatic N) is 1. The number of rotatable bonds is 2. The summed E-state index contributed by atoms with van der Waals surface area (Å²) in [6.45, 7) is 4.07. The SMILES string of the molecule is CN(C)C(=O)C(C)(C)c1ccc2c(c1)OCO2. The van der Waals surface area contributed by atoms with Gasteiger partial charge >= 0.3 is 0 Å². The maximum atomic E-state index is 12.1. The fourth-order valence-corrected chi connectivity index (χ4v) is 1.97. The molecule has 0 fully saturated rings. The minimum Gasteiger partial charge on any atom is -0.454 e. The number of carbonyl (C=O) groups excluding carboxylic acids is 1. The first-order valence-corrected chi connectivity index (χ1v) is 5.55. The van der Waals surface area contributed by atoms with Crippen LogP contribution in [0.2, 0.25) is 0 Å². The average Bonchev–Trinajstić information content (AvgIpc) is 2.74. The van der Waals surface area contributed by atoms with Gasteiger partial charge in [0.1, 0.15) is 0 Å². The fourth-order valence-electron chi connectivity index (χ4n) is 1.97. The van der Waals surface area contributed by atoms with Crippen molar-refractivity contribution in [2.24, 2.45) is 0 Å². The quantitative estimate of drug-likeness (QED) is 0.784. The first-order chi connectivity index (χ1) is 7.93. The normalized spacial score (nSPS) is 13.6. The molecule has 0 unspecified atom stereocenters. The zero-order chi connectivity index (χ0) is 12.6. The largest absolute Gasteiger partial charge is 0.454 e. The van der Waals surface area contributed by atoms with Crippen LogP contribution in [0.3, 0.4) is 0 Å². The Hall–Kier alpha value is -1.71. The third-order valence-electron chi connectivity index (χ3n) is 3.04. The van der Waals surface area contributed by atoms with Crippen LogP contribution in [0.15, 0.2) is 18.2 Å². The van der Waals surface area contributed by atoms with Crippen LogP contribution in [0.1, 0.15) is 19.4 Å². The van der Waals surface area contributed by atoms with Crippen molar-refractivity contribution in [3.05, 3.63) is 23.8 Å². The molecule has 1 aliphatic heterocycles. The molecule has 0 aromatic heterocycles. The van der Waals surface area contributed by atoms with Gasteiger partial charge in [0, 0.05) is 14.1 Å². The Morgan fingerprint density at radius 1 is 1.24 bits per heavy atom. The molecule has 17 heavy (non-hydrogen) atoms. The lowest BCUT2D eigenvalue weighted by molar-refractivity contribution is -0.133. The summed E-state index contributed by atoms with van der Waals surface area (Å²) >= 11 is 0. The minimum atomic E-state index is -0.565. The van der Waals surface area contributed by atoms with E-state index in [2.05, 4.69) is 0 Å². The van der Waals surface area contributed by atoms with E-state index in [1.165, 1.54) is 0 Å². The van der Waals surface area contributed by atoms with Crippen LogP contribution < -0.4 is 9.47 Å². The molecule has 1 aromatic carbocycles. The highest BCUT2D eigenvalue weighted by atomic mass is 16.7. The topological polar surface area (TPSA) is 38.8 Å². The van der Waals surface area contributed by atoms with Gasteiger partial charge in [-0.15, -0.1) is 0 Å². The molecule has 1 amide bonds. The summed E-state index contributed by atoms with van der Waals surface area (Å²) in [5.41, 5.74) is 0.366. The Labute approximate surface area is 101 Å². The standard InChI is InChI=1S/C13H17NO3/c1-13(2,12(15)14(3)4)9-5-6-10-11(7-9)17-8-16-10/h5-7H,8H2,1-4H3. The Morgan fingerprint density at radius 2 is 1.88 bits per heavy atom. The highest BCUT2D eigenvalue weighted by molar-refractivity contribution is 5.87. The van der Waals surface area contributed by atoms with Gasteiger partial charge in [-0.3, -0.25) is 4.79 Å². The maximum Gasteiger partial charge on any atom is 0.232 e. The molecule has 1 aromatic rings. The maximum absolute atomic E-state index is 12.1. The molecule has 0 aliphatic carbocycles. The average molecular weight is 235 g/mol. The number of amides is 1. The zero-order valence-electron chi connectivity index (χ0n) is 10.6. The number of fused-ring (bicyclic) bond motifs is 1. The molecule has 0 N–H and O–H groups in total. The molecule has 0 radical (unpaired) electrons. The second-order valence-corrected chi connectivity index (χ2v) is 4.89. The molecular formula is C13H17NO3. The minimum absolute atomic E-state index is 0.0661. The van der Waals surface area contributed by atoms with Crippen molar-refractivity contribution in [2.45, 2.75) is 19.3 Å². The number of carbonyl (C=O) groups is 1. The van der Waals surface area contributed by atoms with Crippen molar-refractivity contribution in [1.82, 2.24) is 4.90 Å². The smallest absolute Gasteiger partial charge is 0.232 e. The predicted molar refractivity (Wildman–Crippen MR) is 64.3 cm³/mol. The molecule has 0 saturated carbocycles. The van der Waals surface area contributed by atoms with Crippen LogP contribution >= 0.6 is 0 Å². The van der Waals surface area contributed by atoms with Gasteiger partial charge in [-0.05, 0) is 31.5 Å². The molecule has 92 valence electrons. The van der Waals surface area contributed by atoms with Crippen LogP contribution in [-0.4, -0.2) is 31.7 Å². The molecule has 4 heteroatoms. The van der Waals surface area contributed by atoms with Crippen molar-refractivity contribution in [2.75, 3.05) is 20.9 Å². The van der Waals surface area contributed by atoms with Gasteiger partial charge in [-0.2, -0.15) is 0 Å². The molecule has 0 saturated heterocycles. The monoisotopic (exact) mass is 235 g/mol. The third-order valence-corrected chi connectivity index (χ3v) is 3.04. The van der Waals surface area contributed by atoms with Crippen LogP contribution in [0, 0.1) is 0 Å². The summed E-state index contributed by atoms with van der Waals surface area (Å²) in [6.07, 6.45) is 0. The van der Waals surface area contributed by atoms with E-state index in [9.17, 15) is 4.79 Å². The number of likely N-dealkylation sites (N-methyl/N-ethyl adjacent to an activating group) is 1. The number of hydrogen-bond donors (Lipinski definition) is 0. The first-order valence-electron chi connectivity index (χ1n) is 5.55. The summed E-state index contributed by atoms with van der Waals surface area (Å²) in [7, 11) is 3.52. The predicted octanol–water partition coefficient (Wildman–Crippen LogP) is 1.78. The summed E-state index contributed by atoms with van der Waals surface area (Å²) < 4.78 is 10.6. The molecule has 1 heterocycles. The van der Waals surface area contributed by atoms with Gasteiger partial charge in [-0.25, -0.2) is 0 Å². The molecule has 0 bridgehead atoms. The zero-order valence-corrected chi connectivity index (χ0v) is 10.6. The first kappa shape index (κ1) is 11.8. The lowest BCUT2D eigenvalue weighted by Gasteiger charge is -2.27. The second-order valence-electron chi connectivity index (χ2n) is 4.89. The summed E-state index contributed by atoms with van der Waals surface area (Å²) in [4.78, 5) is 13.7. The van der Waals surface area contributed by atoms with E-state index in [1.54, 1.807) is 19.0 Å². The van der Waals surface area contributed by atoms with Crippen molar-refractivity contribution < 1.29 is 14.3 Å². The van der Waals surface area contributed by atoms with E-state index in [4.69, 9.17) is 9.47 Å². The second kappa shape index (κ2) is 3.95. The Balaban J connectivity index is 2.37. The van der Waals surface area contributed by atoms with Gasteiger partial charge in [0.15, 0.2) is 11.5 Å². The molecule has 0 spiro atoms. The Kier molecular flexibility index (Phi) is 2.73. The van der Waals surface area contributed by atoms with E-state index in [0.29, 0.717) is 5.75 Å². The van der Waals surface area contributed by atoms with Gasteiger partial charge < -0.3 is 14.4 Å². The molecule has 0 atom stereocenters. The third kappa shape index (κ3) is 1.95. The number of benzene rings is 1. The van der Waals surface area contributed by atoms with Gasteiger partial charge in [0.25, 0.3) is 0 Å². The molecule has 1 aliphatic rings. The summed E-state index contributed by atoms with van der Waals surface area (Å²) in [6, 6.07) is 5.64. The van der Waals surface area contributed by atoms with Gasteiger partial charge in [0.2, 0.25) is 12.7 Å². The highest BCUT2D eigenvalue weighted by Gasteiger charge is 2.32. The Morgan fingerprint density at radius 3 is 2.53 bits per heavy atom. The Bertz CT molecular complexity index is 452. The molecule has 2 rings (SSSR count). The fraction of sp³-hybridized carbons (Fsp3) is 0.462. The van der Waals surface area contributed by atoms with Gasteiger partial charge in [-0.1, -0.05) is 6.07 Å². The lowest BCUT2D eigenvalue weighted by atomic mass is 9.83. The van der Waals surface area contributed by atoms with Crippen molar-refractivity contribution >= 4 is 5.91 Å². The van der Waals surface area contributed by atoms with Crippen molar-refractivity contribution in [3.63, 3.8) is 0 Å². The summed E-state index contributed by atoms with van der Waals surface area (Å²) in [5.74, 6) is 1.51. The van der Waals surface area contributed by atoms with E-state index < -0.39 is 5.41 Å². The van der Waals surface area contributed by atoms with Crippen molar-refractivity contribution in [3.8, 4) is 11.5 Å². The van der Waals surface area contributed by atoms with Crippen LogP contribution in [0.4, 0.5) is 0 Å². The molecular weight excluding hydrogens is 218 g/mol. The van der Waals surface area contributed by atoms with Crippen LogP contribution in [0.5, 0.6) is 11.5 Å². The summed E-state index contributed by atoms with van der Waals surface area (Å²) in [5, 5.41) is 0. The van der Waals surface area contributed by atoms with E-state index in [0.717, 1.165) is 11.3 Å². The van der Waals surface area contributed by atoms with E-state index in [1.807, 2.05) is 32.0 Å². The van der Waals surface area contributed by atoms with Gasteiger partial charge in [0.05, 0.1) is 5.41 Å². The van der Waals surface area contributed by atoms with E-state index in [-0.39, 0.29) is 12.7 Å². The molecule has 4 nitrogen and oxygen atoms in total. The lowest BCUT2D eigenvalue weighted by Crippen LogP contribution is -2.39. The number of hydrogen-bond acceptors (Lipinski definition) is 3. The van der Waals surface area contributed by atoms with Crippen LogP contribution in [0.25, 0.3) is 0 Å².